The third-order valence-electron chi connectivity index (χ3n) is 8.73. The topological polar surface area (TPSA) is 17.8 Å². The van der Waals surface area contributed by atoms with E-state index in [1.54, 1.807) is 0 Å². The molecule has 0 saturated heterocycles. The second-order valence-corrected chi connectivity index (χ2v) is 14.9. The van der Waals surface area contributed by atoms with Gasteiger partial charge in [0.25, 0.3) is 0 Å². The van der Waals surface area contributed by atoms with E-state index in [2.05, 4.69) is 187 Å². The molecule has 6 aromatic carbocycles. The summed E-state index contributed by atoms with van der Waals surface area (Å²) in [5.74, 6) is 0. The smallest absolute Gasteiger partial charge is 0.203 e. The van der Waals surface area contributed by atoms with E-state index in [9.17, 15) is 0 Å². The number of hydrogen-bond acceptors (Lipinski definition) is 1. The first-order valence-corrected chi connectivity index (χ1v) is 17.1. The first kappa shape index (κ1) is 26.1. The van der Waals surface area contributed by atoms with Gasteiger partial charge < -0.3 is 4.57 Å². The number of benzene rings is 6. The predicted octanol–water partition coefficient (Wildman–Crippen LogP) is 7.22. The van der Waals surface area contributed by atoms with E-state index in [1.165, 1.54) is 37.4 Å². The molecule has 44 heavy (non-hydrogen) atoms. The maximum absolute atomic E-state index is 5.56. The molecule has 0 radical (unpaired) electrons. The van der Waals surface area contributed by atoms with Crippen LogP contribution in [0.3, 0.4) is 0 Å². The molecule has 0 aliphatic carbocycles. The van der Waals surface area contributed by atoms with Crippen molar-refractivity contribution in [3.63, 3.8) is 0 Å². The monoisotopic (exact) mass is 578 g/mol. The number of pyridine rings is 1. The fourth-order valence-electron chi connectivity index (χ4n) is 6.87. The zero-order valence-corrected chi connectivity index (χ0v) is 25.2. The largest absolute Gasteiger partial charge is 0.309 e. The quantitative estimate of drug-likeness (QED) is 0.150. The zero-order chi connectivity index (χ0) is 29.3. The summed E-state index contributed by atoms with van der Waals surface area (Å²) in [6.45, 7) is 0. The molecule has 0 atom stereocenters. The van der Waals surface area contributed by atoms with Gasteiger partial charge in [-0.3, -0.25) is 4.98 Å². The molecule has 8 rings (SSSR count). The first-order valence-electron chi connectivity index (χ1n) is 15.1. The van der Waals surface area contributed by atoms with Crippen molar-refractivity contribution in [3.8, 4) is 16.9 Å². The maximum atomic E-state index is 5.56. The van der Waals surface area contributed by atoms with Crippen LogP contribution in [-0.4, -0.2) is 17.6 Å². The lowest BCUT2D eigenvalue weighted by Gasteiger charge is -2.34. The van der Waals surface area contributed by atoms with Crippen LogP contribution in [0.4, 0.5) is 0 Å². The molecule has 0 spiro atoms. The van der Waals surface area contributed by atoms with Crippen LogP contribution in [0.5, 0.6) is 0 Å². The molecule has 2 aromatic heterocycles. The number of hydrogen-bond donors (Lipinski definition) is 0. The molecule has 0 amide bonds. The summed E-state index contributed by atoms with van der Waals surface area (Å²) in [6.07, 6.45) is 0. The Hall–Kier alpha value is -5.51. The molecule has 0 fully saturated rings. The highest BCUT2D eigenvalue weighted by Crippen LogP contribution is 2.32. The van der Waals surface area contributed by atoms with Crippen molar-refractivity contribution in [1.82, 2.24) is 9.55 Å². The molecule has 2 nitrogen and oxygen atoms in total. The number of rotatable bonds is 6. The van der Waals surface area contributed by atoms with Crippen LogP contribution in [0, 0.1) is 0 Å². The summed E-state index contributed by atoms with van der Waals surface area (Å²) in [5.41, 5.74) is 5.71. The Morgan fingerprint density at radius 3 is 1.66 bits per heavy atom. The third kappa shape index (κ3) is 4.13. The lowest BCUT2D eigenvalue weighted by atomic mass is 10.1. The van der Waals surface area contributed by atoms with Crippen molar-refractivity contribution in [2.45, 2.75) is 0 Å². The van der Waals surface area contributed by atoms with E-state index in [1.807, 2.05) is 0 Å². The van der Waals surface area contributed by atoms with Crippen molar-refractivity contribution < 1.29 is 0 Å². The summed E-state index contributed by atoms with van der Waals surface area (Å²) < 4.78 is 2.47. The van der Waals surface area contributed by atoms with Crippen molar-refractivity contribution in [1.29, 1.82) is 0 Å². The minimum absolute atomic E-state index is 0.989. The maximum Gasteiger partial charge on any atom is 0.203 e. The summed E-state index contributed by atoms with van der Waals surface area (Å²) >= 11 is 0. The van der Waals surface area contributed by atoms with E-state index >= 15 is 0 Å². The van der Waals surface area contributed by atoms with E-state index in [0.29, 0.717) is 0 Å². The van der Waals surface area contributed by atoms with E-state index in [-0.39, 0.29) is 0 Å². The van der Waals surface area contributed by atoms with Crippen molar-refractivity contribution in [2.24, 2.45) is 0 Å². The standard InChI is InChI=1S/C41H30N2Si/c1-5-17-31(18-6-1)37-27-16-30-40(42-37)44(33-21-9-3-10-22-33,34-23-11-4-12-24-34)39-29-15-26-36-35-25-13-14-28-38(35)43(41(36)39)32-19-7-2-8-20-32/h1-30H. The molecule has 0 aliphatic heterocycles. The van der Waals surface area contributed by atoms with E-state index in [0.717, 1.165) is 22.3 Å². The molecule has 0 bridgehead atoms. The molecule has 3 heteroatoms. The van der Waals surface area contributed by atoms with Gasteiger partial charge in [-0.2, -0.15) is 0 Å². The molecule has 208 valence electrons. The summed E-state index contributed by atoms with van der Waals surface area (Å²) in [5, 5.41) is 7.56. The average Bonchev–Trinajstić information content (AvgIpc) is 3.46. The lowest BCUT2D eigenvalue weighted by molar-refractivity contribution is 1.18. The van der Waals surface area contributed by atoms with Crippen LogP contribution in [0.15, 0.2) is 182 Å². The van der Waals surface area contributed by atoms with Crippen LogP contribution < -0.4 is 20.9 Å². The van der Waals surface area contributed by atoms with E-state index < -0.39 is 8.07 Å². The first-order chi connectivity index (χ1) is 21.9. The van der Waals surface area contributed by atoms with Gasteiger partial charge in [0.15, 0.2) is 0 Å². The van der Waals surface area contributed by atoms with Gasteiger partial charge in [-0.15, -0.1) is 0 Å². The summed E-state index contributed by atoms with van der Waals surface area (Å²) in [4.78, 5) is 5.56. The van der Waals surface area contributed by atoms with Gasteiger partial charge in [0.1, 0.15) is 0 Å². The number of aromatic nitrogens is 2. The van der Waals surface area contributed by atoms with Gasteiger partial charge in [0.05, 0.1) is 16.7 Å². The van der Waals surface area contributed by atoms with Crippen LogP contribution in [-0.2, 0) is 0 Å². The van der Waals surface area contributed by atoms with Crippen molar-refractivity contribution in [2.75, 3.05) is 0 Å². The Labute approximate surface area is 258 Å². The number of nitrogens with zero attached hydrogens (tertiary/aromatic N) is 2. The normalized spacial score (nSPS) is 11.6. The fourth-order valence-corrected chi connectivity index (χ4v) is 11.7. The Kier molecular flexibility index (Phi) is 6.51. The lowest BCUT2D eigenvalue weighted by Crippen LogP contribution is -2.75. The van der Waals surface area contributed by atoms with Crippen molar-refractivity contribution in [3.05, 3.63) is 182 Å². The van der Waals surface area contributed by atoms with Gasteiger partial charge in [0.2, 0.25) is 8.07 Å². The zero-order valence-electron chi connectivity index (χ0n) is 24.2. The molecule has 2 heterocycles. The second-order valence-electron chi connectivity index (χ2n) is 11.1. The Morgan fingerprint density at radius 1 is 0.432 bits per heavy atom. The highest BCUT2D eigenvalue weighted by atomic mass is 28.3. The molecule has 0 aliphatic rings. The fraction of sp³-hybridized carbons (Fsp3) is 0. The molecule has 0 N–H and O–H groups in total. The minimum Gasteiger partial charge on any atom is -0.309 e. The highest BCUT2D eigenvalue weighted by molar-refractivity contribution is 7.20. The Morgan fingerprint density at radius 2 is 0.977 bits per heavy atom. The average molecular weight is 579 g/mol. The minimum atomic E-state index is -2.99. The third-order valence-corrected chi connectivity index (χ3v) is 13.4. The van der Waals surface area contributed by atoms with Gasteiger partial charge >= 0.3 is 0 Å². The number of fused-ring (bicyclic) bond motifs is 3. The Bertz CT molecular complexity index is 2170. The Balaban J connectivity index is 1.58. The SMILES string of the molecule is c1ccc(-c2cccc([Si](c3ccccc3)(c3ccccc3)c3cccc4c5ccccc5n(-c5ccccc5)c34)n2)cc1. The van der Waals surface area contributed by atoms with Crippen LogP contribution in [0.2, 0.25) is 0 Å². The molecular weight excluding hydrogens is 549 g/mol. The van der Waals surface area contributed by atoms with Gasteiger partial charge in [0, 0.05) is 27.3 Å². The second kappa shape index (κ2) is 11.0. The van der Waals surface area contributed by atoms with Gasteiger partial charge in [-0.05, 0) is 45.9 Å². The van der Waals surface area contributed by atoms with Gasteiger partial charge in [-0.25, -0.2) is 0 Å². The molecule has 8 aromatic rings. The highest BCUT2D eigenvalue weighted by Gasteiger charge is 2.45. The van der Waals surface area contributed by atoms with Gasteiger partial charge in [-0.1, -0.05) is 152 Å². The van der Waals surface area contributed by atoms with Crippen LogP contribution >= 0.6 is 0 Å². The molecule has 0 unspecified atom stereocenters. The summed E-state index contributed by atoms with van der Waals surface area (Å²) in [6, 6.07) is 65.7. The number of para-hydroxylation sites is 3. The molecular formula is C41H30N2Si. The predicted molar refractivity (Wildman–Crippen MR) is 188 cm³/mol. The van der Waals surface area contributed by atoms with Crippen LogP contribution in [0.1, 0.15) is 0 Å². The molecule has 0 saturated carbocycles. The summed E-state index contributed by atoms with van der Waals surface area (Å²) in [7, 11) is -2.99. The van der Waals surface area contributed by atoms with Crippen LogP contribution in [0.25, 0.3) is 38.8 Å². The van der Waals surface area contributed by atoms with Crippen molar-refractivity contribution >= 4 is 50.8 Å². The van der Waals surface area contributed by atoms with E-state index in [4.69, 9.17) is 4.98 Å².